The van der Waals surface area contributed by atoms with Gasteiger partial charge in [0.25, 0.3) is 0 Å². The van der Waals surface area contributed by atoms with Gasteiger partial charge in [0.05, 0.1) is 5.75 Å². The molecule has 0 fully saturated rings. The van der Waals surface area contributed by atoms with Gasteiger partial charge in [0.15, 0.2) is 9.84 Å². The van der Waals surface area contributed by atoms with Crippen LogP contribution in [0.3, 0.4) is 0 Å². The van der Waals surface area contributed by atoms with Crippen LogP contribution in [0.4, 0.5) is 0 Å². The Morgan fingerprint density at radius 2 is 2.00 bits per heavy atom. The van der Waals surface area contributed by atoms with Crippen LogP contribution in [-0.2, 0) is 16.4 Å². The Kier molecular flexibility index (Phi) is 5.25. The smallest absolute Gasteiger partial charge is 0.151 e. The summed E-state index contributed by atoms with van der Waals surface area (Å²) in [4.78, 5) is 0. The van der Waals surface area contributed by atoms with Crippen molar-refractivity contribution in [2.24, 2.45) is 0 Å². The van der Waals surface area contributed by atoms with Crippen LogP contribution in [0.5, 0.6) is 0 Å². The fraction of sp³-hybridized carbons (Fsp3) is 0.455. The summed E-state index contributed by atoms with van der Waals surface area (Å²) in [5, 5.41) is 3.77. The highest BCUT2D eigenvalue weighted by Crippen LogP contribution is 2.13. The van der Waals surface area contributed by atoms with Crippen LogP contribution >= 0.6 is 11.6 Å². The molecule has 0 aliphatic heterocycles. The average Bonchev–Trinajstić information content (AvgIpc) is 2.27. The number of sulfone groups is 1. The van der Waals surface area contributed by atoms with Gasteiger partial charge in [-0.05, 0) is 11.6 Å². The number of benzene rings is 1. The molecular weight excluding hydrogens is 246 g/mol. The Labute approximate surface area is 102 Å². The van der Waals surface area contributed by atoms with E-state index < -0.39 is 9.84 Å². The zero-order chi connectivity index (χ0) is 12.0. The van der Waals surface area contributed by atoms with E-state index in [9.17, 15) is 8.42 Å². The molecule has 0 aliphatic rings. The van der Waals surface area contributed by atoms with Crippen LogP contribution < -0.4 is 5.32 Å². The third-order valence-electron chi connectivity index (χ3n) is 2.30. The molecule has 0 spiro atoms. The van der Waals surface area contributed by atoms with E-state index in [0.29, 0.717) is 18.1 Å². The highest BCUT2D eigenvalue weighted by molar-refractivity contribution is 7.91. The van der Waals surface area contributed by atoms with Crippen LogP contribution in [0.2, 0.25) is 5.02 Å². The lowest BCUT2D eigenvalue weighted by Crippen LogP contribution is -2.23. The van der Waals surface area contributed by atoms with E-state index in [2.05, 4.69) is 5.32 Å². The molecule has 0 bridgehead atoms. The fourth-order valence-corrected chi connectivity index (χ4v) is 2.18. The van der Waals surface area contributed by atoms with Crippen molar-refractivity contribution in [2.45, 2.75) is 13.5 Å². The molecule has 1 aromatic rings. The Balaban J connectivity index is 2.35. The van der Waals surface area contributed by atoms with E-state index in [1.165, 1.54) is 0 Å². The van der Waals surface area contributed by atoms with Gasteiger partial charge in [-0.25, -0.2) is 8.42 Å². The monoisotopic (exact) mass is 261 g/mol. The topological polar surface area (TPSA) is 46.2 Å². The number of hydrogen-bond donors (Lipinski definition) is 1. The fourth-order valence-electron chi connectivity index (χ4n) is 1.24. The van der Waals surface area contributed by atoms with Crippen molar-refractivity contribution in [3.8, 4) is 0 Å². The first kappa shape index (κ1) is 13.5. The maximum Gasteiger partial charge on any atom is 0.151 e. The molecule has 0 aromatic heterocycles. The molecule has 1 rings (SSSR count). The largest absolute Gasteiger partial charge is 0.312 e. The van der Waals surface area contributed by atoms with Gasteiger partial charge in [-0.3, -0.25) is 0 Å². The number of halogens is 1. The van der Waals surface area contributed by atoms with Gasteiger partial charge >= 0.3 is 0 Å². The Bertz CT molecular complexity index is 431. The van der Waals surface area contributed by atoms with Crippen LogP contribution in [0.1, 0.15) is 12.5 Å². The summed E-state index contributed by atoms with van der Waals surface area (Å²) in [7, 11) is -2.88. The molecule has 0 aliphatic carbocycles. The zero-order valence-corrected chi connectivity index (χ0v) is 10.8. The first-order valence-corrected chi connectivity index (χ1v) is 7.39. The second-order valence-electron chi connectivity index (χ2n) is 3.50. The van der Waals surface area contributed by atoms with Crippen molar-refractivity contribution in [2.75, 3.05) is 18.1 Å². The molecule has 0 saturated carbocycles. The molecule has 0 amide bonds. The van der Waals surface area contributed by atoms with E-state index >= 15 is 0 Å². The van der Waals surface area contributed by atoms with Crippen molar-refractivity contribution in [1.29, 1.82) is 0 Å². The maximum absolute atomic E-state index is 11.2. The van der Waals surface area contributed by atoms with E-state index in [1.54, 1.807) is 6.92 Å². The molecule has 0 atom stereocenters. The van der Waals surface area contributed by atoms with Crippen molar-refractivity contribution in [3.63, 3.8) is 0 Å². The summed E-state index contributed by atoms with van der Waals surface area (Å²) in [6.07, 6.45) is 0. The van der Waals surface area contributed by atoms with Crippen LogP contribution in [-0.4, -0.2) is 26.5 Å². The van der Waals surface area contributed by atoms with Gasteiger partial charge in [-0.1, -0.05) is 36.7 Å². The predicted molar refractivity (Wildman–Crippen MR) is 67.5 cm³/mol. The molecule has 3 nitrogen and oxygen atoms in total. The maximum atomic E-state index is 11.2. The van der Waals surface area contributed by atoms with Crippen molar-refractivity contribution in [3.05, 3.63) is 34.9 Å². The highest BCUT2D eigenvalue weighted by atomic mass is 35.5. The predicted octanol–water partition coefficient (Wildman–Crippen LogP) is 1.86. The lowest BCUT2D eigenvalue weighted by Gasteiger charge is -2.06. The second-order valence-corrected chi connectivity index (χ2v) is 6.38. The lowest BCUT2D eigenvalue weighted by molar-refractivity contribution is 0.592. The summed E-state index contributed by atoms with van der Waals surface area (Å²) in [5.41, 5.74) is 0.984. The number of hydrogen-bond acceptors (Lipinski definition) is 3. The minimum atomic E-state index is -2.88. The van der Waals surface area contributed by atoms with Gasteiger partial charge < -0.3 is 5.32 Å². The molecule has 0 saturated heterocycles. The van der Waals surface area contributed by atoms with Gasteiger partial charge in [0.2, 0.25) is 0 Å². The van der Waals surface area contributed by atoms with E-state index in [1.807, 2.05) is 24.3 Å². The highest BCUT2D eigenvalue weighted by Gasteiger charge is 2.06. The Morgan fingerprint density at radius 1 is 1.31 bits per heavy atom. The number of nitrogens with one attached hydrogen (secondary N) is 1. The SMILES string of the molecule is CCS(=O)(=O)CCNCc1ccccc1Cl. The summed E-state index contributed by atoms with van der Waals surface area (Å²) >= 11 is 5.96. The molecule has 0 radical (unpaired) electrons. The van der Waals surface area contributed by atoms with Crippen molar-refractivity contribution < 1.29 is 8.42 Å². The normalized spacial score (nSPS) is 11.6. The van der Waals surface area contributed by atoms with Crippen molar-refractivity contribution in [1.82, 2.24) is 5.32 Å². The van der Waals surface area contributed by atoms with Gasteiger partial charge in [0, 0.05) is 23.9 Å². The van der Waals surface area contributed by atoms with E-state index in [4.69, 9.17) is 11.6 Å². The molecule has 16 heavy (non-hydrogen) atoms. The summed E-state index contributed by atoms with van der Waals surface area (Å²) < 4.78 is 22.4. The zero-order valence-electron chi connectivity index (χ0n) is 9.24. The third kappa shape index (κ3) is 4.51. The first-order chi connectivity index (χ1) is 7.55. The first-order valence-electron chi connectivity index (χ1n) is 5.19. The lowest BCUT2D eigenvalue weighted by atomic mass is 10.2. The number of rotatable bonds is 6. The van der Waals surface area contributed by atoms with Crippen molar-refractivity contribution >= 4 is 21.4 Å². The molecular formula is C11H16ClNO2S. The standard InChI is InChI=1S/C11H16ClNO2S/c1-2-16(14,15)8-7-13-9-10-5-3-4-6-11(10)12/h3-6,13H,2,7-9H2,1H3. The van der Waals surface area contributed by atoms with Crippen LogP contribution in [0.15, 0.2) is 24.3 Å². The third-order valence-corrected chi connectivity index (χ3v) is 4.38. The minimum absolute atomic E-state index is 0.175. The molecule has 0 heterocycles. The van der Waals surface area contributed by atoms with Gasteiger partial charge in [-0.2, -0.15) is 0 Å². The molecule has 1 N–H and O–H groups in total. The van der Waals surface area contributed by atoms with Crippen LogP contribution in [0, 0.1) is 0 Å². The molecule has 1 aromatic carbocycles. The van der Waals surface area contributed by atoms with Crippen LogP contribution in [0.25, 0.3) is 0 Å². The van der Waals surface area contributed by atoms with Gasteiger partial charge in [0.1, 0.15) is 0 Å². The summed E-state index contributed by atoms with van der Waals surface area (Å²) in [6, 6.07) is 7.52. The minimum Gasteiger partial charge on any atom is -0.312 e. The quantitative estimate of drug-likeness (QED) is 0.796. The van der Waals surface area contributed by atoms with E-state index in [-0.39, 0.29) is 11.5 Å². The molecule has 0 unspecified atom stereocenters. The van der Waals surface area contributed by atoms with Gasteiger partial charge in [-0.15, -0.1) is 0 Å². The Hall–Kier alpha value is -0.580. The Morgan fingerprint density at radius 3 is 2.62 bits per heavy atom. The molecule has 90 valence electrons. The second kappa shape index (κ2) is 6.23. The summed E-state index contributed by atoms with van der Waals surface area (Å²) in [5.74, 6) is 0.370. The summed E-state index contributed by atoms with van der Waals surface area (Å²) in [6.45, 7) is 2.71. The average molecular weight is 262 g/mol. The molecule has 5 heteroatoms. The van der Waals surface area contributed by atoms with E-state index in [0.717, 1.165) is 5.56 Å².